The van der Waals surface area contributed by atoms with Gasteiger partial charge in [0, 0.05) is 35.6 Å². The first-order valence-electron chi connectivity index (χ1n) is 7.06. The monoisotopic (exact) mass is 271 g/mol. The van der Waals surface area contributed by atoms with E-state index in [1.807, 2.05) is 12.1 Å². The zero-order valence-electron chi connectivity index (χ0n) is 11.5. The summed E-state index contributed by atoms with van der Waals surface area (Å²) in [6, 6.07) is 7.86. The second kappa shape index (κ2) is 4.01. The standard InChI is InChI=1S/C16H17NO3/c1-19-15(18)14-7-11-3-4-12(8-13(11)20-14)17-9-16(10-17)5-2-6-16/h3-4,7-8H,2,5-6,9-10H2,1H3. The fraction of sp³-hybridized carbons (Fsp3) is 0.438. The SMILES string of the molecule is COC(=O)c1cc2ccc(N3CC4(CCC4)C3)cc2o1. The van der Waals surface area contributed by atoms with E-state index < -0.39 is 5.97 Å². The number of carbonyl (C=O) groups excluding carboxylic acids is 1. The van der Waals surface area contributed by atoms with Crippen LogP contribution in [0.5, 0.6) is 0 Å². The molecule has 1 aromatic heterocycles. The molecule has 0 radical (unpaired) electrons. The first kappa shape index (κ1) is 11.8. The Morgan fingerprint density at radius 1 is 1.30 bits per heavy atom. The lowest BCUT2D eigenvalue weighted by atomic mass is 9.63. The van der Waals surface area contributed by atoms with E-state index in [4.69, 9.17) is 4.42 Å². The van der Waals surface area contributed by atoms with Crippen molar-refractivity contribution in [2.75, 3.05) is 25.1 Å². The maximum absolute atomic E-state index is 11.5. The molecule has 1 aromatic carbocycles. The van der Waals surface area contributed by atoms with Crippen molar-refractivity contribution in [2.45, 2.75) is 19.3 Å². The molecule has 1 spiro atoms. The van der Waals surface area contributed by atoms with Gasteiger partial charge in [0.05, 0.1) is 7.11 Å². The number of nitrogens with zero attached hydrogens (tertiary/aromatic N) is 1. The van der Waals surface area contributed by atoms with Gasteiger partial charge in [-0.1, -0.05) is 6.42 Å². The Morgan fingerprint density at radius 2 is 2.10 bits per heavy atom. The molecule has 0 unspecified atom stereocenters. The van der Waals surface area contributed by atoms with Gasteiger partial charge in [0.25, 0.3) is 0 Å². The average molecular weight is 271 g/mol. The number of esters is 1. The molecule has 2 aromatic rings. The second-order valence-corrected chi connectivity index (χ2v) is 6.03. The van der Waals surface area contributed by atoms with E-state index in [1.54, 1.807) is 6.07 Å². The fourth-order valence-corrected chi connectivity index (χ4v) is 3.36. The van der Waals surface area contributed by atoms with Crippen molar-refractivity contribution in [1.29, 1.82) is 0 Å². The maximum Gasteiger partial charge on any atom is 0.373 e. The Morgan fingerprint density at radius 3 is 2.75 bits per heavy atom. The number of methoxy groups -OCH3 is 1. The van der Waals surface area contributed by atoms with Gasteiger partial charge < -0.3 is 14.1 Å². The Hall–Kier alpha value is -1.97. The molecule has 2 heterocycles. The third kappa shape index (κ3) is 1.64. The van der Waals surface area contributed by atoms with Gasteiger partial charge in [-0.3, -0.25) is 0 Å². The van der Waals surface area contributed by atoms with E-state index in [0.29, 0.717) is 5.41 Å². The van der Waals surface area contributed by atoms with Crippen LogP contribution < -0.4 is 4.90 Å². The Balaban J connectivity index is 1.60. The molecule has 4 nitrogen and oxygen atoms in total. The lowest BCUT2D eigenvalue weighted by Gasteiger charge is -2.57. The van der Waals surface area contributed by atoms with Gasteiger partial charge in [0.2, 0.25) is 5.76 Å². The van der Waals surface area contributed by atoms with Crippen LogP contribution in [0, 0.1) is 5.41 Å². The predicted octanol–water partition coefficient (Wildman–Crippen LogP) is 3.21. The van der Waals surface area contributed by atoms with Gasteiger partial charge in [0.1, 0.15) is 5.58 Å². The zero-order chi connectivity index (χ0) is 13.7. The third-order valence-corrected chi connectivity index (χ3v) is 4.72. The molecule has 1 aliphatic carbocycles. The molecular weight excluding hydrogens is 254 g/mol. The Kier molecular flexibility index (Phi) is 2.37. The molecule has 4 rings (SSSR count). The maximum atomic E-state index is 11.5. The summed E-state index contributed by atoms with van der Waals surface area (Å²) < 4.78 is 10.3. The number of hydrogen-bond donors (Lipinski definition) is 0. The zero-order valence-corrected chi connectivity index (χ0v) is 11.5. The van der Waals surface area contributed by atoms with Gasteiger partial charge in [0.15, 0.2) is 0 Å². The lowest BCUT2D eigenvalue weighted by Crippen LogP contribution is -2.59. The fourth-order valence-electron chi connectivity index (χ4n) is 3.36. The summed E-state index contributed by atoms with van der Waals surface area (Å²) in [5, 5.41) is 0.938. The van der Waals surface area contributed by atoms with Crippen LogP contribution in [0.25, 0.3) is 11.0 Å². The number of furan rings is 1. The second-order valence-electron chi connectivity index (χ2n) is 6.03. The Labute approximate surface area is 117 Å². The predicted molar refractivity (Wildman–Crippen MR) is 76.1 cm³/mol. The Bertz CT molecular complexity index is 676. The lowest BCUT2D eigenvalue weighted by molar-refractivity contribution is 0.0567. The number of rotatable bonds is 2. The van der Waals surface area contributed by atoms with Crippen LogP contribution >= 0.6 is 0 Å². The van der Waals surface area contributed by atoms with Crippen LogP contribution in [-0.4, -0.2) is 26.2 Å². The summed E-state index contributed by atoms with van der Waals surface area (Å²) in [6.07, 6.45) is 4.13. The smallest absolute Gasteiger partial charge is 0.373 e. The first-order chi connectivity index (χ1) is 9.69. The van der Waals surface area contributed by atoms with Crippen LogP contribution in [-0.2, 0) is 4.74 Å². The molecular formula is C16H17NO3. The van der Waals surface area contributed by atoms with E-state index in [-0.39, 0.29) is 5.76 Å². The molecule has 1 aliphatic heterocycles. The van der Waals surface area contributed by atoms with Crippen LogP contribution in [0.2, 0.25) is 0 Å². The van der Waals surface area contributed by atoms with E-state index in [9.17, 15) is 4.79 Å². The van der Waals surface area contributed by atoms with E-state index in [1.165, 1.54) is 32.1 Å². The van der Waals surface area contributed by atoms with Gasteiger partial charge in [-0.2, -0.15) is 0 Å². The molecule has 4 heteroatoms. The number of fused-ring (bicyclic) bond motifs is 1. The summed E-state index contributed by atoms with van der Waals surface area (Å²) in [4.78, 5) is 13.9. The molecule has 0 bridgehead atoms. The molecule has 1 saturated heterocycles. The summed E-state index contributed by atoms with van der Waals surface area (Å²) >= 11 is 0. The molecule has 0 atom stereocenters. The summed E-state index contributed by atoms with van der Waals surface area (Å²) in [7, 11) is 1.36. The highest BCUT2D eigenvalue weighted by molar-refractivity contribution is 5.93. The van der Waals surface area contributed by atoms with Gasteiger partial charge >= 0.3 is 5.97 Å². The van der Waals surface area contributed by atoms with Crippen molar-refractivity contribution in [3.8, 4) is 0 Å². The van der Waals surface area contributed by atoms with Crippen molar-refractivity contribution in [1.82, 2.24) is 0 Å². The van der Waals surface area contributed by atoms with Gasteiger partial charge in [-0.25, -0.2) is 4.79 Å². The molecule has 0 amide bonds. The molecule has 20 heavy (non-hydrogen) atoms. The van der Waals surface area contributed by atoms with Crippen LogP contribution in [0.4, 0.5) is 5.69 Å². The van der Waals surface area contributed by atoms with Crippen LogP contribution in [0.1, 0.15) is 29.8 Å². The van der Waals surface area contributed by atoms with Gasteiger partial charge in [-0.15, -0.1) is 0 Å². The quantitative estimate of drug-likeness (QED) is 0.787. The van der Waals surface area contributed by atoms with Crippen molar-refractivity contribution in [2.24, 2.45) is 5.41 Å². The van der Waals surface area contributed by atoms with Gasteiger partial charge in [-0.05, 0) is 31.0 Å². The minimum Gasteiger partial charge on any atom is -0.463 e. The van der Waals surface area contributed by atoms with E-state index in [2.05, 4.69) is 15.7 Å². The normalized spacial score (nSPS) is 19.8. The largest absolute Gasteiger partial charge is 0.463 e. The van der Waals surface area contributed by atoms with Crippen molar-refractivity contribution in [3.63, 3.8) is 0 Å². The summed E-state index contributed by atoms with van der Waals surface area (Å²) in [5.41, 5.74) is 2.54. The number of hydrogen-bond acceptors (Lipinski definition) is 4. The first-order valence-corrected chi connectivity index (χ1v) is 7.06. The van der Waals surface area contributed by atoms with Crippen molar-refractivity contribution < 1.29 is 13.9 Å². The molecule has 0 N–H and O–H groups in total. The summed E-state index contributed by atoms with van der Waals surface area (Å²) in [6.45, 7) is 2.31. The summed E-state index contributed by atoms with van der Waals surface area (Å²) in [5.74, 6) is -0.168. The minimum atomic E-state index is -0.430. The number of ether oxygens (including phenoxy) is 1. The van der Waals surface area contributed by atoms with E-state index >= 15 is 0 Å². The highest BCUT2D eigenvalue weighted by Crippen LogP contribution is 2.49. The minimum absolute atomic E-state index is 0.263. The number of anilines is 1. The molecule has 2 fully saturated rings. The van der Waals surface area contributed by atoms with Crippen molar-refractivity contribution >= 4 is 22.6 Å². The van der Waals surface area contributed by atoms with Crippen molar-refractivity contribution in [3.05, 3.63) is 30.0 Å². The topological polar surface area (TPSA) is 42.7 Å². The third-order valence-electron chi connectivity index (χ3n) is 4.72. The molecule has 1 saturated carbocycles. The highest BCUT2D eigenvalue weighted by atomic mass is 16.5. The number of benzene rings is 1. The van der Waals surface area contributed by atoms with E-state index in [0.717, 1.165) is 24.1 Å². The molecule has 104 valence electrons. The highest BCUT2D eigenvalue weighted by Gasteiger charge is 2.47. The number of carbonyl (C=O) groups is 1. The molecule has 2 aliphatic rings. The van der Waals surface area contributed by atoms with Crippen LogP contribution in [0.15, 0.2) is 28.7 Å². The van der Waals surface area contributed by atoms with Crippen LogP contribution in [0.3, 0.4) is 0 Å². The average Bonchev–Trinajstić information content (AvgIpc) is 2.77.